The molecule has 0 radical (unpaired) electrons. The molecule has 0 heterocycles. The molecule has 0 saturated carbocycles. The number of quaternary nitrogens is 1. The van der Waals surface area contributed by atoms with Crippen LogP contribution >= 0.6 is 7.60 Å². The highest BCUT2D eigenvalue weighted by atomic mass is 31.2. The van der Waals surface area contributed by atoms with Crippen molar-refractivity contribution in [2.24, 2.45) is 0 Å². The van der Waals surface area contributed by atoms with Gasteiger partial charge >= 0.3 is 7.60 Å². The van der Waals surface area contributed by atoms with Crippen molar-refractivity contribution in [3.8, 4) is 0 Å². The van der Waals surface area contributed by atoms with E-state index >= 15 is 0 Å². The number of aliphatic hydroxyl groups is 1. The van der Waals surface area contributed by atoms with Crippen LogP contribution in [0.4, 0.5) is 0 Å². The Labute approximate surface area is 179 Å². The van der Waals surface area contributed by atoms with Gasteiger partial charge in [-0.05, 0) is 64.2 Å². The monoisotopic (exact) mass is 432 g/mol. The maximum atomic E-state index is 11.7. The fraction of sp³-hybridized carbons (Fsp3) is 0.826. The Morgan fingerprint density at radius 1 is 0.759 bits per heavy atom. The second-order valence-corrected chi connectivity index (χ2v) is 11.2. The molecule has 1 atom stereocenters. The van der Waals surface area contributed by atoms with Crippen LogP contribution in [-0.4, -0.2) is 52.4 Å². The number of allylic oxidation sites excluding steroid dienone is 4. The van der Waals surface area contributed by atoms with Crippen molar-refractivity contribution in [3.63, 3.8) is 0 Å². The average Bonchev–Trinajstić information content (AvgIpc) is 2.59. The number of hydrogen-bond acceptors (Lipinski definition) is 2. The molecule has 3 N–H and O–H groups in total. The van der Waals surface area contributed by atoms with Crippen molar-refractivity contribution >= 4 is 7.60 Å². The first-order chi connectivity index (χ1) is 13.5. The van der Waals surface area contributed by atoms with E-state index in [0.717, 1.165) is 25.7 Å². The predicted molar refractivity (Wildman–Crippen MR) is 124 cm³/mol. The third-order valence-electron chi connectivity index (χ3n) is 5.02. The van der Waals surface area contributed by atoms with Gasteiger partial charge in [-0.3, -0.25) is 4.57 Å². The van der Waals surface area contributed by atoms with E-state index in [0.29, 0.717) is 10.9 Å². The fourth-order valence-electron chi connectivity index (χ4n) is 3.43. The van der Waals surface area contributed by atoms with Crippen LogP contribution in [0.25, 0.3) is 0 Å². The van der Waals surface area contributed by atoms with Crippen LogP contribution in [0.2, 0.25) is 0 Å². The summed E-state index contributed by atoms with van der Waals surface area (Å²) in [5.74, 6) is 0. The summed E-state index contributed by atoms with van der Waals surface area (Å²) >= 11 is 0. The van der Waals surface area contributed by atoms with Gasteiger partial charge in [0.1, 0.15) is 6.54 Å². The van der Waals surface area contributed by atoms with Crippen LogP contribution in [0.5, 0.6) is 0 Å². The molecule has 0 aliphatic heterocycles. The van der Waals surface area contributed by atoms with Gasteiger partial charge < -0.3 is 19.4 Å². The van der Waals surface area contributed by atoms with E-state index in [9.17, 15) is 19.5 Å². The Kier molecular flexibility index (Phi) is 15.1. The zero-order chi connectivity index (χ0) is 22.2. The van der Waals surface area contributed by atoms with E-state index in [1.165, 1.54) is 44.9 Å². The molecule has 0 rings (SSSR count). The predicted octanol–water partition coefficient (Wildman–Crippen LogP) is 5.76. The zero-order valence-corrected chi connectivity index (χ0v) is 20.2. The van der Waals surface area contributed by atoms with Crippen molar-refractivity contribution in [3.05, 3.63) is 24.3 Å². The molecule has 0 bridgehead atoms. The molecule has 0 amide bonds. The topological polar surface area (TPSA) is 77.8 Å². The number of rotatable bonds is 18. The molecular weight excluding hydrogens is 385 g/mol. The zero-order valence-electron chi connectivity index (χ0n) is 19.4. The summed E-state index contributed by atoms with van der Waals surface area (Å²) in [5, 5.41) is 8.56. The summed E-state index contributed by atoms with van der Waals surface area (Å²) in [7, 11) is 0.921. The fourth-order valence-corrected chi connectivity index (χ4v) is 4.49. The van der Waals surface area contributed by atoms with Gasteiger partial charge in [-0.2, -0.15) is 0 Å². The summed E-state index contributed by atoms with van der Waals surface area (Å²) in [6.45, 7) is 2.28. The second-order valence-electron chi connectivity index (χ2n) is 9.30. The average molecular weight is 433 g/mol. The highest BCUT2D eigenvalue weighted by Gasteiger charge is 2.48. The van der Waals surface area contributed by atoms with Crippen LogP contribution in [-0.2, 0) is 4.57 Å². The summed E-state index contributed by atoms with van der Waals surface area (Å²) < 4.78 is 12.1. The third kappa shape index (κ3) is 16.0. The normalized spacial score (nSPS) is 15.4. The molecule has 0 aliphatic rings. The second kappa shape index (κ2) is 15.4. The van der Waals surface area contributed by atoms with Gasteiger partial charge in [0.25, 0.3) is 0 Å². The first-order valence-corrected chi connectivity index (χ1v) is 13.0. The summed E-state index contributed by atoms with van der Waals surface area (Å²) in [6, 6.07) is 0. The number of hydrogen-bond donors (Lipinski definition) is 3. The lowest BCUT2D eigenvalue weighted by Gasteiger charge is -2.35. The SMILES string of the molecule is CCCCCC/C=C\CCCC/C=C\CCCCC(O)(C[N+](C)(C)C)P(=O)(O)O. The minimum Gasteiger partial charge on any atom is -0.373 e. The van der Waals surface area contributed by atoms with Gasteiger partial charge in [0.15, 0.2) is 0 Å². The third-order valence-corrected chi connectivity index (χ3v) is 6.47. The van der Waals surface area contributed by atoms with Crippen molar-refractivity contribution in [1.29, 1.82) is 0 Å². The molecule has 1 unspecified atom stereocenters. The Morgan fingerprint density at radius 3 is 1.55 bits per heavy atom. The highest BCUT2D eigenvalue weighted by Crippen LogP contribution is 2.52. The molecular formula is C23H47NO4P+. The number of nitrogens with zero attached hydrogens (tertiary/aromatic N) is 1. The molecule has 0 spiro atoms. The molecule has 0 aromatic carbocycles. The van der Waals surface area contributed by atoms with Crippen molar-refractivity contribution in [1.82, 2.24) is 0 Å². The van der Waals surface area contributed by atoms with Gasteiger partial charge in [-0.25, -0.2) is 0 Å². The molecule has 172 valence electrons. The standard InChI is InChI=1S/C23H46NO4P/c1-5-6-7-8-9-10-11-12-13-14-15-16-17-18-19-20-21-23(25,29(26,27)28)22-24(2,3)4/h10-11,16-17,25H,5-9,12-15,18-22H2,1-4H3,(H-,26,27,28)/p+1/b11-10-,17-16-. The Bertz CT molecular complexity index is 507. The first kappa shape index (κ1) is 28.5. The largest absolute Gasteiger partial charge is 0.373 e. The van der Waals surface area contributed by atoms with E-state index < -0.39 is 12.9 Å². The summed E-state index contributed by atoms with van der Waals surface area (Å²) in [6.07, 6.45) is 22.6. The van der Waals surface area contributed by atoms with Crippen LogP contribution in [0.3, 0.4) is 0 Å². The number of likely N-dealkylation sites (N-methyl/N-ethyl adjacent to an activating group) is 1. The highest BCUT2D eigenvalue weighted by molar-refractivity contribution is 7.53. The molecule has 29 heavy (non-hydrogen) atoms. The lowest BCUT2D eigenvalue weighted by atomic mass is 10.1. The van der Waals surface area contributed by atoms with Crippen LogP contribution in [0.15, 0.2) is 24.3 Å². The van der Waals surface area contributed by atoms with Gasteiger partial charge in [-0.1, -0.05) is 50.5 Å². The van der Waals surface area contributed by atoms with Crippen molar-refractivity contribution < 1.29 is 23.9 Å². The maximum Gasteiger partial charge on any atom is 0.362 e. The smallest absolute Gasteiger partial charge is 0.362 e. The van der Waals surface area contributed by atoms with E-state index in [1.807, 2.05) is 21.1 Å². The first-order valence-electron chi connectivity index (χ1n) is 11.4. The minimum absolute atomic E-state index is 0.0420. The van der Waals surface area contributed by atoms with Gasteiger partial charge in [0.2, 0.25) is 5.34 Å². The Balaban J connectivity index is 3.83. The van der Waals surface area contributed by atoms with E-state index in [2.05, 4.69) is 31.2 Å². The van der Waals surface area contributed by atoms with Crippen LogP contribution in [0.1, 0.15) is 90.4 Å². The van der Waals surface area contributed by atoms with Gasteiger partial charge in [0, 0.05) is 0 Å². The van der Waals surface area contributed by atoms with E-state index in [4.69, 9.17) is 0 Å². The summed E-state index contributed by atoms with van der Waals surface area (Å²) in [4.78, 5) is 19.1. The summed E-state index contributed by atoms with van der Waals surface area (Å²) in [5.41, 5.74) is 0. The quantitative estimate of drug-likeness (QED) is 0.111. The lowest BCUT2D eigenvalue weighted by Crippen LogP contribution is -2.49. The van der Waals surface area contributed by atoms with Crippen molar-refractivity contribution in [2.45, 2.75) is 95.7 Å². The van der Waals surface area contributed by atoms with E-state index in [1.54, 1.807) is 0 Å². The minimum atomic E-state index is -4.56. The molecule has 0 fully saturated rings. The number of unbranched alkanes of at least 4 members (excludes halogenated alkanes) is 9. The Morgan fingerprint density at radius 2 is 1.17 bits per heavy atom. The van der Waals surface area contributed by atoms with Gasteiger partial charge in [-0.15, -0.1) is 0 Å². The molecule has 0 saturated heterocycles. The van der Waals surface area contributed by atoms with Crippen LogP contribution in [0, 0.1) is 0 Å². The van der Waals surface area contributed by atoms with Gasteiger partial charge in [0.05, 0.1) is 21.1 Å². The molecule has 0 aliphatic carbocycles. The van der Waals surface area contributed by atoms with Crippen LogP contribution < -0.4 is 0 Å². The molecule has 0 aromatic heterocycles. The molecule has 5 nitrogen and oxygen atoms in total. The van der Waals surface area contributed by atoms with Crippen molar-refractivity contribution in [2.75, 3.05) is 27.7 Å². The molecule has 0 aromatic rings. The Hall–Kier alpha value is -0.450. The maximum absolute atomic E-state index is 11.7. The lowest BCUT2D eigenvalue weighted by molar-refractivity contribution is -0.875. The molecule has 6 heteroatoms. The van der Waals surface area contributed by atoms with E-state index in [-0.39, 0.29) is 13.0 Å².